The first-order valence-corrected chi connectivity index (χ1v) is 8.00. The molecule has 3 heteroatoms. The normalized spacial score (nSPS) is 19.9. The number of thioether (sulfide) groups is 1. The second-order valence-corrected chi connectivity index (χ2v) is 6.26. The molecule has 0 radical (unpaired) electrons. The van der Waals surface area contributed by atoms with Gasteiger partial charge >= 0.3 is 0 Å². The van der Waals surface area contributed by atoms with Crippen molar-refractivity contribution in [2.45, 2.75) is 31.2 Å². The van der Waals surface area contributed by atoms with Crippen LogP contribution in [0.1, 0.15) is 25.3 Å². The predicted molar refractivity (Wildman–Crippen MR) is 80.1 cm³/mol. The zero-order valence-corrected chi connectivity index (χ0v) is 12.1. The molecule has 1 unspecified atom stereocenters. The smallest absolute Gasteiger partial charge is 0.0205 e. The molecular weight excluding hydrogens is 240 g/mol. The van der Waals surface area contributed by atoms with Crippen molar-refractivity contribution in [1.82, 2.24) is 10.6 Å². The monoisotopic (exact) mass is 264 g/mol. The number of nitrogens with one attached hydrogen (secondary N) is 2. The van der Waals surface area contributed by atoms with Crippen LogP contribution in [0.15, 0.2) is 29.2 Å². The highest BCUT2D eigenvalue weighted by Crippen LogP contribution is 2.17. The molecule has 1 aliphatic heterocycles. The van der Waals surface area contributed by atoms with Gasteiger partial charge in [0.15, 0.2) is 0 Å². The summed E-state index contributed by atoms with van der Waals surface area (Å²) in [6, 6.07) is 8.94. The largest absolute Gasteiger partial charge is 0.316 e. The summed E-state index contributed by atoms with van der Waals surface area (Å²) >= 11 is 1.90. The number of piperidine rings is 1. The molecule has 0 aliphatic carbocycles. The summed E-state index contributed by atoms with van der Waals surface area (Å²) in [6.45, 7) is 6.70. The van der Waals surface area contributed by atoms with Gasteiger partial charge in [0.1, 0.15) is 0 Å². The second kappa shape index (κ2) is 7.82. The molecule has 1 saturated heterocycles. The number of benzene rings is 1. The summed E-state index contributed by atoms with van der Waals surface area (Å²) in [5.74, 6) is 1.96. The average Bonchev–Trinajstić information content (AvgIpc) is 2.42. The quantitative estimate of drug-likeness (QED) is 0.773. The Morgan fingerprint density at radius 3 is 2.83 bits per heavy atom. The van der Waals surface area contributed by atoms with E-state index in [1.54, 1.807) is 0 Å². The van der Waals surface area contributed by atoms with Gasteiger partial charge in [-0.15, -0.1) is 11.8 Å². The van der Waals surface area contributed by atoms with Gasteiger partial charge in [0, 0.05) is 11.4 Å². The minimum Gasteiger partial charge on any atom is -0.316 e. The molecule has 1 aromatic carbocycles. The summed E-state index contributed by atoms with van der Waals surface area (Å²) in [5.41, 5.74) is 1.39. The van der Waals surface area contributed by atoms with E-state index in [0.29, 0.717) is 0 Å². The first-order chi connectivity index (χ1) is 8.88. The first-order valence-electron chi connectivity index (χ1n) is 7.01. The van der Waals surface area contributed by atoms with E-state index in [4.69, 9.17) is 0 Å². The van der Waals surface area contributed by atoms with Crippen molar-refractivity contribution < 1.29 is 0 Å². The van der Waals surface area contributed by atoms with E-state index >= 15 is 0 Å². The van der Waals surface area contributed by atoms with Crippen molar-refractivity contribution in [3.63, 3.8) is 0 Å². The maximum absolute atomic E-state index is 3.58. The molecule has 0 bridgehead atoms. The molecule has 0 spiro atoms. The van der Waals surface area contributed by atoms with Crippen LogP contribution in [0.3, 0.4) is 0 Å². The Kier molecular flexibility index (Phi) is 6.05. The van der Waals surface area contributed by atoms with Crippen LogP contribution in [0.25, 0.3) is 0 Å². The van der Waals surface area contributed by atoms with Gasteiger partial charge in [-0.2, -0.15) is 0 Å². The lowest BCUT2D eigenvalue weighted by atomic mass is 10.00. The fraction of sp³-hybridized carbons (Fsp3) is 0.600. The minimum absolute atomic E-state index is 0.814. The van der Waals surface area contributed by atoms with Crippen LogP contribution < -0.4 is 10.6 Å². The molecule has 1 atom stereocenters. The van der Waals surface area contributed by atoms with Gasteiger partial charge in [0.25, 0.3) is 0 Å². The molecular formula is C15H24N2S. The minimum atomic E-state index is 0.814. The Hall–Kier alpha value is -0.510. The highest BCUT2D eigenvalue weighted by Gasteiger charge is 2.11. The number of rotatable bonds is 6. The lowest BCUT2D eigenvalue weighted by Gasteiger charge is -2.23. The standard InChI is InChI=1S/C15H24N2S/c1-2-18-15-7-5-13(6-8-15)10-17-12-14-4-3-9-16-11-14/h5-8,14,16-17H,2-4,9-12H2,1H3. The van der Waals surface area contributed by atoms with Gasteiger partial charge in [0.05, 0.1) is 0 Å². The Morgan fingerprint density at radius 2 is 2.17 bits per heavy atom. The van der Waals surface area contributed by atoms with Gasteiger partial charge in [-0.3, -0.25) is 0 Å². The van der Waals surface area contributed by atoms with Crippen LogP contribution in [0.5, 0.6) is 0 Å². The van der Waals surface area contributed by atoms with E-state index in [9.17, 15) is 0 Å². The van der Waals surface area contributed by atoms with Gasteiger partial charge in [-0.1, -0.05) is 19.1 Å². The molecule has 0 aromatic heterocycles. The van der Waals surface area contributed by atoms with Gasteiger partial charge in [-0.05, 0) is 61.8 Å². The molecule has 1 aliphatic rings. The number of hydrogen-bond acceptors (Lipinski definition) is 3. The summed E-state index contributed by atoms with van der Waals surface area (Å²) < 4.78 is 0. The van der Waals surface area contributed by atoms with Crippen molar-refractivity contribution in [3.8, 4) is 0 Å². The van der Waals surface area contributed by atoms with Crippen molar-refractivity contribution in [1.29, 1.82) is 0 Å². The topological polar surface area (TPSA) is 24.1 Å². The molecule has 100 valence electrons. The van der Waals surface area contributed by atoms with Crippen molar-refractivity contribution in [2.24, 2.45) is 5.92 Å². The van der Waals surface area contributed by atoms with Crippen LogP contribution in [0.4, 0.5) is 0 Å². The first kappa shape index (κ1) is 13.9. The number of hydrogen-bond donors (Lipinski definition) is 2. The molecule has 1 fully saturated rings. The fourth-order valence-corrected chi connectivity index (χ4v) is 3.05. The molecule has 2 N–H and O–H groups in total. The molecule has 18 heavy (non-hydrogen) atoms. The zero-order valence-electron chi connectivity index (χ0n) is 11.2. The van der Waals surface area contributed by atoms with Crippen LogP contribution >= 0.6 is 11.8 Å². The molecule has 2 rings (SSSR count). The van der Waals surface area contributed by atoms with E-state index < -0.39 is 0 Å². The summed E-state index contributed by atoms with van der Waals surface area (Å²) in [7, 11) is 0. The third kappa shape index (κ3) is 4.63. The third-order valence-corrected chi connectivity index (χ3v) is 4.29. The van der Waals surface area contributed by atoms with E-state index in [2.05, 4.69) is 41.8 Å². The average molecular weight is 264 g/mol. The Labute approximate surface area is 115 Å². The van der Waals surface area contributed by atoms with Gasteiger partial charge in [0.2, 0.25) is 0 Å². The zero-order chi connectivity index (χ0) is 12.6. The van der Waals surface area contributed by atoms with Gasteiger partial charge < -0.3 is 10.6 Å². The predicted octanol–water partition coefficient (Wildman–Crippen LogP) is 2.89. The SMILES string of the molecule is CCSc1ccc(CNCC2CCCNC2)cc1. The maximum Gasteiger partial charge on any atom is 0.0205 e. The van der Waals surface area contributed by atoms with Crippen molar-refractivity contribution in [3.05, 3.63) is 29.8 Å². The van der Waals surface area contributed by atoms with Crippen LogP contribution in [-0.4, -0.2) is 25.4 Å². The van der Waals surface area contributed by atoms with Crippen LogP contribution in [-0.2, 0) is 6.54 Å². The Morgan fingerprint density at radius 1 is 1.33 bits per heavy atom. The Balaban J connectivity index is 1.69. The highest BCUT2D eigenvalue weighted by molar-refractivity contribution is 7.99. The maximum atomic E-state index is 3.58. The van der Waals surface area contributed by atoms with E-state index in [1.165, 1.54) is 36.4 Å². The lowest BCUT2D eigenvalue weighted by molar-refractivity contribution is 0.360. The molecule has 1 heterocycles. The molecule has 0 saturated carbocycles. The summed E-state index contributed by atoms with van der Waals surface area (Å²) in [6.07, 6.45) is 2.70. The molecule has 0 amide bonds. The Bertz CT molecular complexity index is 331. The summed E-state index contributed by atoms with van der Waals surface area (Å²) in [4.78, 5) is 1.37. The third-order valence-electron chi connectivity index (χ3n) is 3.40. The van der Waals surface area contributed by atoms with E-state index in [-0.39, 0.29) is 0 Å². The summed E-state index contributed by atoms with van der Waals surface area (Å²) in [5, 5.41) is 7.04. The van der Waals surface area contributed by atoms with Crippen LogP contribution in [0.2, 0.25) is 0 Å². The highest BCUT2D eigenvalue weighted by atomic mass is 32.2. The van der Waals surface area contributed by atoms with Crippen LogP contribution in [0, 0.1) is 5.92 Å². The second-order valence-electron chi connectivity index (χ2n) is 4.92. The molecule has 2 nitrogen and oxygen atoms in total. The van der Waals surface area contributed by atoms with Crippen molar-refractivity contribution >= 4 is 11.8 Å². The van der Waals surface area contributed by atoms with Gasteiger partial charge in [-0.25, -0.2) is 0 Å². The fourth-order valence-electron chi connectivity index (χ4n) is 2.39. The van der Waals surface area contributed by atoms with E-state index in [0.717, 1.165) is 24.8 Å². The lowest BCUT2D eigenvalue weighted by Crippen LogP contribution is -2.35. The van der Waals surface area contributed by atoms with E-state index in [1.807, 2.05) is 11.8 Å². The molecule has 1 aromatic rings. The van der Waals surface area contributed by atoms with Crippen molar-refractivity contribution in [2.75, 3.05) is 25.4 Å².